The van der Waals surface area contributed by atoms with Crippen molar-refractivity contribution in [3.8, 4) is 0 Å². The number of rotatable bonds is 5. The Kier molecular flexibility index (Phi) is 4.91. The summed E-state index contributed by atoms with van der Waals surface area (Å²) in [6.07, 6.45) is 1.74. The second-order valence-corrected chi connectivity index (χ2v) is 3.05. The van der Waals surface area contributed by atoms with Gasteiger partial charge in [0.25, 0.3) is 0 Å². The highest BCUT2D eigenvalue weighted by atomic mass is 16.5. The zero-order chi connectivity index (χ0) is 11.8. The lowest BCUT2D eigenvalue weighted by Gasteiger charge is -2.02. The van der Waals surface area contributed by atoms with Crippen LogP contribution >= 0.6 is 0 Å². The molecule has 6 heteroatoms. The van der Waals surface area contributed by atoms with Crippen molar-refractivity contribution in [2.75, 3.05) is 12.0 Å². The van der Waals surface area contributed by atoms with Gasteiger partial charge in [-0.25, -0.2) is 0 Å². The van der Waals surface area contributed by atoms with E-state index in [2.05, 4.69) is 20.7 Å². The summed E-state index contributed by atoms with van der Waals surface area (Å²) in [5.41, 5.74) is 3.33. The summed E-state index contributed by atoms with van der Waals surface area (Å²) in [5.74, 6) is 0.246. The predicted octanol–water partition coefficient (Wildman–Crippen LogP) is 1.22. The lowest BCUT2D eigenvalue weighted by atomic mass is 10.3. The number of nitrogens with zero attached hydrogens (tertiary/aromatic N) is 3. The highest BCUT2D eigenvalue weighted by Crippen LogP contribution is 1.98. The van der Waals surface area contributed by atoms with Crippen LogP contribution in [-0.4, -0.2) is 28.5 Å². The van der Waals surface area contributed by atoms with Gasteiger partial charge < -0.3 is 4.74 Å². The lowest BCUT2D eigenvalue weighted by Crippen LogP contribution is -2.10. The largest absolute Gasteiger partial charge is 0.466 e. The van der Waals surface area contributed by atoms with Crippen LogP contribution in [0.3, 0.4) is 0 Å². The van der Waals surface area contributed by atoms with Crippen LogP contribution in [0.15, 0.2) is 23.4 Å². The Morgan fingerprint density at radius 2 is 2.44 bits per heavy atom. The van der Waals surface area contributed by atoms with Crippen molar-refractivity contribution in [2.45, 2.75) is 20.3 Å². The number of nitrogens with one attached hydrogen (secondary N) is 1. The Hall–Kier alpha value is -1.98. The van der Waals surface area contributed by atoms with Crippen LogP contribution in [0.2, 0.25) is 0 Å². The molecule has 1 aromatic heterocycles. The van der Waals surface area contributed by atoms with Gasteiger partial charge in [-0.15, -0.1) is 5.10 Å². The minimum atomic E-state index is -0.287. The quantitative estimate of drug-likeness (QED) is 0.460. The van der Waals surface area contributed by atoms with Crippen molar-refractivity contribution in [3.63, 3.8) is 0 Å². The van der Waals surface area contributed by atoms with Crippen LogP contribution in [-0.2, 0) is 9.53 Å². The SMILES string of the molecule is CCOC(=O)C/C(C)=N\Nc1cccnn1. The summed E-state index contributed by atoms with van der Waals surface area (Å²) in [7, 11) is 0. The average molecular weight is 222 g/mol. The summed E-state index contributed by atoms with van der Waals surface area (Å²) in [6.45, 7) is 3.88. The first-order valence-electron chi connectivity index (χ1n) is 4.95. The number of hydrogen-bond donors (Lipinski definition) is 1. The topological polar surface area (TPSA) is 76.5 Å². The van der Waals surface area contributed by atoms with Crippen LogP contribution in [0.4, 0.5) is 5.82 Å². The van der Waals surface area contributed by atoms with Crippen LogP contribution in [0.1, 0.15) is 20.3 Å². The maximum absolute atomic E-state index is 11.1. The van der Waals surface area contributed by atoms with Crippen molar-refractivity contribution in [1.29, 1.82) is 0 Å². The normalized spacial score (nSPS) is 11.0. The van der Waals surface area contributed by atoms with Crippen molar-refractivity contribution in [2.24, 2.45) is 5.10 Å². The Morgan fingerprint density at radius 3 is 3.06 bits per heavy atom. The maximum Gasteiger partial charge on any atom is 0.311 e. The van der Waals surface area contributed by atoms with Crippen molar-refractivity contribution in [1.82, 2.24) is 10.2 Å². The highest BCUT2D eigenvalue weighted by Gasteiger charge is 2.03. The Bertz CT molecular complexity index is 364. The van der Waals surface area contributed by atoms with E-state index in [0.29, 0.717) is 18.1 Å². The predicted molar refractivity (Wildman–Crippen MR) is 60.0 cm³/mol. The minimum Gasteiger partial charge on any atom is -0.466 e. The molecule has 86 valence electrons. The zero-order valence-corrected chi connectivity index (χ0v) is 9.30. The summed E-state index contributed by atoms with van der Waals surface area (Å²) in [4.78, 5) is 11.1. The summed E-state index contributed by atoms with van der Waals surface area (Å²) < 4.78 is 4.79. The molecule has 0 radical (unpaired) electrons. The van der Waals surface area contributed by atoms with E-state index in [4.69, 9.17) is 4.74 Å². The zero-order valence-electron chi connectivity index (χ0n) is 9.30. The molecule has 0 aliphatic heterocycles. The lowest BCUT2D eigenvalue weighted by molar-refractivity contribution is -0.141. The number of hydrazone groups is 1. The molecule has 1 aromatic rings. The molecule has 0 aromatic carbocycles. The van der Waals surface area contributed by atoms with Gasteiger partial charge in [-0.3, -0.25) is 10.2 Å². The van der Waals surface area contributed by atoms with Gasteiger partial charge in [0, 0.05) is 11.9 Å². The molecule has 16 heavy (non-hydrogen) atoms. The van der Waals surface area contributed by atoms with Crippen LogP contribution in [0, 0.1) is 0 Å². The Labute approximate surface area is 93.7 Å². The van der Waals surface area contributed by atoms with Crippen molar-refractivity contribution >= 4 is 17.5 Å². The van der Waals surface area contributed by atoms with Gasteiger partial charge >= 0.3 is 5.97 Å². The van der Waals surface area contributed by atoms with Gasteiger partial charge in [0.1, 0.15) is 0 Å². The fraction of sp³-hybridized carbons (Fsp3) is 0.400. The number of ether oxygens (including phenoxy) is 1. The van der Waals surface area contributed by atoms with Gasteiger partial charge in [0.15, 0.2) is 5.82 Å². The molecule has 0 aliphatic rings. The minimum absolute atomic E-state index is 0.168. The molecule has 0 unspecified atom stereocenters. The number of esters is 1. The molecule has 0 amide bonds. The highest BCUT2D eigenvalue weighted by molar-refractivity contribution is 5.97. The number of carbonyl (C=O) groups excluding carboxylic acids is 1. The Balaban J connectivity index is 2.42. The number of hydrogen-bond acceptors (Lipinski definition) is 6. The molecule has 0 saturated heterocycles. The monoisotopic (exact) mass is 222 g/mol. The van der Waals surface area contributed by atoms with E-state index in [0.717, 1.165) is 0 Å². The smallest absolute Gasteiger partial charge is 0.311 e. The standard InChI is InChI=1S/C10H14N4O2/c1-3-16-10(15)7-8(2)12-14-9-5-4-6-11-13-9/h4-6H,3,7H2,1-2H3,(H,13,14)/b12-8-. The summed E-state index contributed by atoms with van der Waals surface area (Å²) >= 11 is 0. The average Bonchev–Trinajstić information content (AvgIpc) is 2.28. The first-order chi connectivity index (χ1) is 7.72. The number of anilines is 1. The van der Waals surface area contributed by atoms with Crippen molar-refractivity contribution < 1.29 is 9.53 Å². The van der Waals surface area contributed by atoms with E-state index in [1.54, 1.807) is 32.2 Å². The van der Waals surface area contributed by atoms with E-state index in [9.17, 15) is 4.79 Å². The first-order valence-corrected chi connectivity index (χ1v) is 4.95. The van der Waals surface area contributed by atoms with E-state index in [1.807, 2.05) is 0 Å². The molecule has 0 spiro atoms. The van der Waals surface area contributed by atoms with Crippen LogP contribution in [0.5, 0.6) is 0 Å². The molecule has 6 nitrogen and oxygen atoms in total. The number of carbonyl (C=O) groups is 1. The maximum atomic E-state index is 11.1. The molecule has 0 bridgehead atoms. The summed E-state index contributed by atoms with van der Waals surface area (Å²) in [5, 5.41) is 11.4. The third kappa shape index (κ3) is 4.50. The first kappa shape index (κ1) is 12.1. The second kappa shape index (κ2) is 6.49. The fourth-order valence-electron chi connectivity index (χ4n) is 0.974. The molecule has 0 aliphatic carbocycles. The second-order valence-electron chi connectivity index (χ2n) is 3.05. The van der Waals surface area contributed by atoms with Gasteiger partial charge in [-0.2, -0.15) is 10.2 Å². The van der Waals surface area contributed by atoms with E-state index >= 15 is 0 Å². The molecule has 0 atom stereocenters. The third-order valence-electron chi connectivity index (χ3n) is 1.64. The van der Waals surface area contributed by atoms with Gasteiger partial charge in [0.05, 0.1) is 13.0 Å². The molecular weight excluding hydrogens is 208 g/mol. The van der Waals surface area contributed by atoms with Crippen LogP contribution < -0.4 is 5.43 Å². The van der Waals surface area contributed by atoms with E-state index in [1.165, 1.54) is 0 Å². The molecule has 0 fully saturated rings. The van der Waals surface area contributed by atoms with Gasteiger partial charge in [-0.1, -0.05) is 0 Å². The van der Waals surface area contributed by atoms with Gasteiger partial charge in [-0.05, 0) is 26.0 Å². The molecule has 1 heterocycles. The third-order valence-corrected chi connectivity index (χ3v) is 1.64. The molecule has 1 rings (SSSR count). The molecule has 1 N–H and O–H groups in total. The molecular formula is C10H14N4O2. The number of aromatic nitrogens is 2. The fourth-order valence-corrected chi connectivity index (χ4v) is 0.974. The van der Waals surface area contributed by atoms with E-state index in [-0.39, 0.29) is 12.4 Å². The van der Waals surface area contributed by atoms with Crippen molar-refractivity contribution in [3.05, 3.63) is 18.3 Å². The van der Waals surface area contributed by atoms with Crippen LogP contribution in [0.25, 0.3) is 0 Å². The van der Waals surface area contributed by atoms with Gasteiger partial charge in [0.2, 0.25) is 0 Å². The summed E-state index contributed by atoms with van der Waals surface area (Å²) in [6, 6.07) is 3.47. The Morgan fingerprint density at radius 1 is 1.62 bits per heavy atom. The van der Waals surface area contributed by atoms with E-state index < -0.39 is 0 Å². The molecule has 0 saturated carbocycles.